The van der Waals surface area contributed by atoms with Crippen LogP contribution in [0.1, 0.15) is 6.42 Å². The van der Waals surface area contributed by atoms with Crippen molar-refractivity contribution in [1.29, 1.82) is 0 Å². The number of rotatable bonds is 3. The van der Waals surface area contributed by atoms with E-state index in [1.165, 1.54) is 23.1 Å². The first-order chi connectivity index (χ1) is 10.9. The van der Waals surface area contributed by atoms with Crippen LogP contribution >= 0.6 is 0 Å². The standard InChI is InChI=1S/C15H14N2O6/c18-13-9-5-8-10(11(9)15(20)21)14(19)16(12(8)13)6-2-1-3-7(4-6)17(22)23/h1-4,8-13,18H,5H2,(H,20,21)/t8-,9+,10-,11+,12-,13-/m0/s1. The fourth-order valence-corrected chi connectivity index (χ4v) is 4.73. The summed E-state index contributed by atoms with van der Waals surface area (Å²) >= 11 is 0. The van der Waals surface area contributed by atoms with Gasteiger partial charge in [0.05, 0.1) is 34.6 Å². The third kappa shape index (κ3) is 1.69. The minimum Gasteiger partial charge on any atom is -0.481 e. The van der Waals surface area contributed by atoms with Crippen molar-refractivity contribution >= 4 is 23.3 Å². The van der Waals surface area contributed by atoms with Gasteiger partial charge in [0.25, 0.3) is 5.69 Å². The summed E-state index contributed by atoms with van der Waals surface area (Å²) in [5, 5.41) is 30.8. The molecule has 1 heterocycles. The maximum atomic E-state index is 12.7. The van der Waals surface area contributed by atoms with Gasteiger partial charge in [-0.15, -0.1) is 0 Å². The largest absolute Gasteiger partial charge is 0.481 e. The zero-order chi connectivity index (χ0) is 16.5. The second-order valence-electron chi connectivity index (χ2n) is 6.42. The number of nitro benzene ring substituents is 1. The second-order valence-corrected chi connectivity index (χ2v) is 6.42. The first-order valence-corrected chi connectivity index (χ1v) is 7.40. The van der Waals surface area contributed by atoms with Crippen molar-refractivity contribution in [1.82, 2.24) is 0 Å². The Morgan fingerprint density at radius 2 is 2.09 bits per heavy atom. The van der Waals surface area contributed by atoms with Gasteiger partial charge in [0.15, 0.2) is 0 Å². The van der Waals surface area contributed by atoms with Crippen LogP contribution in [0.25, 0.3) is 0 Å². The number of amides is 1. The molecule has 2 N–H and O–H groups in total. The summed E-state index contributed by atoms with van der Waals surface area (Å²) in [5.41, 5.74) is 0.195. The number of nitrogens with zero attached hydrogens (tertiary/aromatic N) is 2. The molecule has 8 heteroatoms. The van der Waals surface area contributed by atoms with Crippen LogP contribution in [0.15, 0.2) is 24.3 Å². The maximum Gasteiger partial charge on any atom is 0.307 e. The van der Waals surface area contributed by atoms with Gasteiger partial charge in [0, 0.05) is 18.1 Å². The summed E-state index contributed by atoms with van der Waals surface area (Å²) in [6.07, 6.45) is -0.409. The number of benzene rings is 1. The molecule has 2 saturated carbocycles. The normalized spacial score (nSPS) is 37.4. The number of anilines is 1. The number of carbonyl (C=O) groups is 2. The molecular weight excluding hydrogens is 304 g/mol. The third-order valence-corrected chi connectivity index (χ3v) is 5.51. The van der Waals surface area contributed by atoms with Crippen molar-refractivity contribution in [3.8, 4) is 0 Å². The highest BCUT2D eigenvalue weighted by Crippen LogP contribution is 2.59. The van der Waals surface area contributed by atoms with Gasteiger partial charge in [-0.05, 0) is 18.4 Å². The number of fused-ring (bicyclic) bond motifs is 1. The molecule has 1 aromatic rings. The summed E-state index contributed by atoms with van der Waals surface area (Å²) in [7, 11) is 0. The Morgan fingerprint density at radius 3 is 2.74 bits per heavy atom. The lowest BCUT2D eigenvalue weighted by Crippen LogP contribution is -2.44. The molecule has 8 nitrogen and oxygen atoms in total. The predicted octanol–water partition coefficient (Wildman–Crippen LogP) is 0.638. The van der Waals surface area contributed by atoms with Crippen molar-refractivity contribution in [2.24, 2.45) is 23.7 Å². The SMILES string of the molecule is O=C(O)[C@@H]1[C@H]2C[C@H]3[C@@H]1C(=O)N(c1cccc([N+](=O)[O-])c1)[C@@H]3[C@H]2O. The molecule has 1 aromatic carbocycles. The van der Waals surface area contributed by atoms with Gasteiger partial charge in [-0.3, -0.25) is 19.7 Å². The molecule has 0 spiro atoms. The van der Waals surface area contributed by atoms with E-state index in [2.05, 4.69) is 0 Å². The topological polar surface area (TPSA) is 121 Å². The van der Waals surface area contributed by atoms with Crippen LogP contribution in [-0.4, -0.2) is 39.2 Å². The molecule has 0 unspecified atom stereocenters. The molecule has 4 rings (SSSR count). The Bertz CT molecular complexity index is 734. The van der Waals surface area contributed by atoms with Crippen molar-refractivity contribution < 1.29 is 24.7 Å². The average Bonchev–Trinajstić information content (AvgIpc) is 3.10. The van der Waals surface area contributed by atoms with Gasteiger partial charge >= 0.3 is 5.97 Å². The quantitative estimate of drug-likeness (QED) is 0.623. The van der Waals surface area contributed by atoms with Gasteiger partial charge in [-0.1, -0.05) is 6.07 Å². The van der Waals surface area contributed by atoms with E-state index in [-0.39, 0.29) is 17.5 Å². The Hall–Kier alpha value is -2.48. The highest BCUT2D eigenvalue weighted by molar-refractivity contribution is 6.02. The number of aliphatic carboxylic acids is 1. The van der Waals surface area contributed by atoms with E-state index in [1.807, 2.05) is 0 Å². The number of hydrogen-bond acceptors (Lipinski definition) is 5. The number of carboxylic acid groups (broad SMARTS) is 1. The van der Waals surface area contributed by atoms with Gasteiger partial charge < -0.3 is 15.1 Å². The average molecular weight is 318 g/mol. The highest BCUT2D eigenvalue weighted by atomic mass is 16.6. The number of non-ortho nitro benzene ring substituents is 1. The van der Waals surface area contributed by atoms with Gasteiger partial charge in [-0.2, -0.15) is 0 Å². The van der Waals surface area contributed by atoms with Crippen molar-refractivity contribution in [2.75, 3.05) is 4.90 Å². The minimum atomic E-state index is -1.06. The molecule has 3 fully saturated rings. The summed E-state index contributed by atoms with van der Waals surface area (Å²) in [4.78, 5) is 36.0. The molecule has 23 heavy (non-hydrogen) atoms. The first kappa shape index (κ1) is 14.1. The Kier molecular flexibility index (Phi) is 2.77. The highest BCUT2D eigenvalue weighted by Gasteiger charge is 2.69. The monoisotopic (exact) mass is 318 g/mol. The number of aliphatic hydroxyl groups excluding tert-OH is 1. The summed E-state index contributed by atoms with van der Waals surface area (Å²) in [5.74, 6) is -3.57. The number of aliphatic hydroxyl groups is 1. The molecule has 1 aliphatic heterocycles. The molecule has 1 saturated heterocycles. The van der Waals surface area contributed by atoms with E-state index >= 15 is 0 Å². The van der Waals surface area contributed by atoms with Gasteiger partial charge in [0.2, 0.25) is 5.91 Å². The lowest BCUT2D eigenvalue weighted by atomic mass is 9.78. The Labute approximate surface area is 130 Å². The molecule has 2 aliphatic carbocycles. The van der Waals surface area contributed by atoms with Crippen molar-refractivity contribution in [2.45, 2.75) is 18.6 Å². The van der Waals surface area contributed by atoms with E-state index < -0.39 is 40.8 Å². The second kappa shape index (κ2) is 4.51. The van der Waals surface area contributed by atoms with E-state index in [0.29, 0.717) is 12.1 Å². The zero-order valence-electron chi connectivity index (χ0n) is 11.9. The van der Waals surface area contributed by atoms with Crippen LogP contribution in [0.5, 0.6) is 0 Å². The van der Waals surface area contributed by atoms with E-state index in [9.17, 15) is 29.9 Å². The van der Waals surface area contributed by atoms with Crippen LogP contribution in [0.3, 0.4) is 0 Å². The summed E-state index contributed by atoms with van der Waals surface area (Å²) in [6, 6.07) is 5.18. The fourth-order valence-electron chi connectivity index (χ4n) is 4.73. The van der Waals surface area contributed by atoms with Crippen molar-refractivity contribution in [3.63, 3.8) is 0 Å². The maximum absolute atomic E-state index is 12.7. The number of nitro groups is 1. The Morgan fingerprint density at radius 1 is 1.35 bits per heavy atom. The Balaban J connectivity index is 1.78. The molecule has 0 radical (unpaired) electrons. The van der Waals surface area contributed by atoms with Crippen LogP contribution in [0.4, 0.5) is 11.4 Å². The van der Waals surface area contributed by atoms with Crippen LogP contribution < -0.4 is 4.90 Å². The van der Waals surface area contributed by atoms with Crippen LogP contribution in [0, 0.1) is 33.8 Å². The first-order valence-electron chi connectivity index (χ1n) is 7.40. The molecular formula is C15H14N2O6. The van der Waals surface area contributed by atoms with Gasteiger partial charge in [-0.25, -0.2) is 0 Å². The molecule has 0 aromatic heterocycles. The molecule has 3 aliphatic rings. The predicted molar refractivity (Wildman–Crippen MR) is 76.6 cm³/mol. The molecule has 1 amide bonds. The van der Waals surface area contributed by atoms with Crippen LogP contribution in [-0.2, 0) is 9.59 Å². The molecule has 120 valence electrons. The smallest absolute Gasteiger partial charge is 0.307 e. The number of carboxylic acids is 1. The number of hydrogen-bond donors (Lipinski definition) is 2. The third-order valence-electron chi connectivity index (χ3n) is 5.51. The summed E-state index contributed by atoms with van der Waals surface area (Å²) in [6.45, 7) is 0. The van der Waals surface area contributed by atoms with E-state index in [4.69, 9.17) is 0 Å². The minimum absolute atomic E-state index is 0.145. The zero-order valence-corrected chi connectivity index (χ0v) is 11.9. The molecule has 2 bridgehead atoms. The lowest BCUT2D eigenvalue weighted by molar-refractivity contribution is -0.384. The van der Waals surface area contributed by atoms with Crippen molar-refractivity contribution in [3.05, 3.63) is 34.4 Å². The number of carbonyl (C=O) groups excluding carboxylic acids is 1. The fraction of sp³-hybridized carbons (Fsp3) is 0.467. The van der Waals surface area contributed by atoms with Crippen LogP contribution in [0.2, 0.25) is 0 Å². The van der Waals surface area contributed by atoms with E-state index in [0.717, 1.165) is 0 Å². The van der Waals surface area contributed by atoms with E-state index in [1.54, 1.807) is 6.07 Å². The lowest BCUT2D eigenvalue weighted by Gasteiger charge is -2.30. The summed E-state index contributed by atoms with van der Waals surface area (Å²) < 4.78 is 0. The molecule has 6 atom stereocenters. The van der Waals surface area contributed by atoms with Gasteiger partial charge in [0.1, 0.15) is 0 Å².